The molecule has 90 valence electrons. The molecule has 0 amide bonds. The van der Waals surface area contributed by atoms with Crippen molar-refractivity contribution in [1.82, 2.24) is 5.06 Å². The summed E-state index contributed by atoms with van der Waals surface area (Å²) in [5.41, 5.74) is 2.00. The zero-order valence-corrected chi connectivity index (χ0v) is 10.1. The maximum Gasteiger partial charge on any atom is 0.151 e. The van der Waals surface area contributed by atoms with Crippen molar-refractivity contribution in [3.05, 3.63) is 35.9 Å². The molecular weight excluding hydrogens is 212 g/mol. The van der Waals surface area contributed by atoms with E-state index in [9.17, 15) is 5.21 Å². The molecule has 0 spiro atoms. The van der Waals surface area contributed by atoms with Gasteiger partial charge in [-0.25, -0.2) is 0 Å². The van der Waals surface area contributed by atoms with E-state index < -0.39 is 0 Å². The predicted molar refractivity (Wildman–Crippen MR) is 67.1 cm³/mol. The smallest absolute Gasteiger partial charge is 0.151 e. The van der Waals surface area contributed by atoms with Crippen LogP contribution in [0.2, 0.25) is 0 Å². The zero-order chi connectivity index (χ0) is 11.9. The molecule has 0 saturated heterocycles. The van der Waals surface area contributed by atoms with Gasteiger partial charge < -0.3 is 5.21 Å². The summed E-state index contributed by atoms with van der Waals surface area (Å²) in [6.07, 6.45) is 4.19. The molecule has 1 aliphatic carbocycles. The second-order valence-electron chi connectivity index (χ2n) is 5.19. The Balaban J connectivity index is 1.97. The molecule has 1 aromatic rings. The summed E-state index contributed by atoms with van der Waals surface area (Å²) in [6, 6.07) is 10.0. The van der Waals surface area contributed by atoms with Crippen LogP contribution in [-0.2, 0) is 0 Å². The molecule has 0 radical (unpaired) electrons. The molecule has 1 saturated carbocycles. The first-order valence-corrected chi connectivity index (χ1v) is 6.32. The first kappa shape index (κ1) is 10.9. The van der Waals surface area contributed by atoms with Crippen LogP contribution in [0.5, 0.6) is 0 Å². The van der Waals surface area contributed by atoms with E-state index in [2.05, 4.69) is 6.92 Å². The van der Waals surface area contributed by atoms with Gasteiger partial charge >= 0.3 is 0 Å². The third-order valence-corrected chi connectivity index (χ3v) is 4.06. The minimum Gasteiger partial charge on any atom is -0.311 e. The minimum atomic E-state index is -0.237. The first-order valence-electron chi connectivity index (χ1n) is 6.32. The van der Waals surface area contributed by atoms with Crippen molar-refractivity contribution in [2.75, 3.05) is 0 Å². The number of rotatable bonds is 1. The average molecular weight is 230 g/mol. The highest BCUT2D eigenvalue weighted by molar-refractivity contribution is 5.95. The van der Waals surface area contributed by atoms with Crippen molar-refractivity contribution in [3.63, 3.8) is 0 Å². The second kappa shape index (κ2) is 3.93. The second-order valence-corrected chi connectivity index (χ2v) is 5.19. The van der Waals surface area contributed by atoms with Gasteiger partial charge in [-0.2, -0.15) is 5.06 Å². The molecule has 3 rings (SSSR count). The van der Waals surface area contributed by atoms with Crippen molar-refractivity contribution in [3.8, 4) is 0 Å². The van der Waals surface area contributed by atoms with Crippen molar-refractivity contribution >= 4 is 5.71 Å². The fraction of sp³-hybridized carbons (Fsp3) is 0.500. The quantitative estimate of drug-likeness (QED) is 0.804. The first-order chi connectivity index (χ1) is 8.22. The van der Waals surface area contributed by atoms with E-state index in [1.165, 1.54) is 23.6 Å². The van der Waals surface area contributed by atoms with E-state index in [0.29, 0.717) is 0 Å². The highest BCUT2D eigenvalue weighted by Crippen LogP contribution is 2.42. The fourth-order valence-electron chi connectivity index (χ4n) is 2.94. The number of benzene rings is 1. The zero-order valence-electron chi connectivity index (χ0n) is 10.1. The Morgan fingerprint density at radius 3 is 2.76 bits per heavy atom. The van der Waals surface area contributed by atoms with Gasteiger partial charge in [0.2, 0.25) is 0 Å². The molecular formula is C14H18N2O. The van der Waals surface area contributed by atoms with Crippen molar-refractivity contribution in [2.24, 2.45) is 4.99 Å². The molecule has 17 heavy (non-hydrogen) atoms. The molecule has 1 aliphatic heterocycles. The van der Waals surface area contributed by atoms with Crippen LogP contribution in [-0.4, -0.2) is 21.5 Å². The highest BCUT2D eigenvalue weighted by atomic mass is 16.5. The van der Waals surface area contributed by atoms with Gasteiger partial charge in [0.25, 0.3) is 0 Å². The van der Waals surface area contributed by atoms with E-state index in [1.807, 2.05) is 30.3 Å². The Labute approximate surface area is 102 Å². The Kier molecular flexibility index (Phi) is 2.53. The summed E-state index contributed by atoms with van der Waals surface area (Å²) in [6.45, 7) is 2.11. The summed E-state index contributed by atoms with van der Waals surface area (Å²) >= 11 is 0. The summed E-state index contributed by atoms with van der Waals surface area (Å²) in [7, 11) is 0. The lowest BCUT2D eigenvalue weighted by atomic mass is 9.82. The van der Waals surface area contributed by atoms with Crippen LogP contribution in [0.25, 0.3) is 0 Å². The van der Waals surface area contributed by atoms with Crippen LogP contribution in [0.3, 0.4) is 0 Å². The van der Waals surface area contributed by atoms with Crippen LogP contribution in [0.15, 0.2) is 35.3 Å². The van der Waals surface area contributed by atoms with Crippen LogP contribution in [0, 0.1) is 0 Å². The Bertz CT molecular complexity index is 443. The molecule has 1 fully saturated rings. The van der Waals surface area contributed by atoms with E-state index >= 15 is 0 Å². The average Bonchev–Trinajstić information content (AvgIpc) is 2.64. The molecule has 0 unspecified atom stereocenters. The van der Waals surface area contributed by atoms with Gasteiger partial charge in [-0.15, -0.1) is 0 Å². The van der Waals surface area contributed by atoms with Crippen molar-refractivity contribution in [2.45, 2.75) is 44.3 Å². The van der Waals surface area contributed by atoms with Gasteiger partial charge in [0.1, 0.15) is 0 Å². The molecule has 3 nitrogen and oxygen atoms in total. The molecule has 2 aliphatic rings. The number of hydroxylamine groups is 2. The Morgan fingerprint density at radius 1 is 1.29 bits per heavy atom. The van der Waals surface area contributed by atoms with Crippen LogP contribution >= 0.6 is 0 Å². The summed E-state index contributed by atoms with van der Waals surface area (Å²) < 4.78 is 0. The predicted octanol–water partition coefficient (Wildman–Crippen LogP) is 3.16. The van der Waals surface area contributed by atoms with Crippen molar-refractivity contribution in [1.29, 1.82) is 0 Å². The summed E-state index contributed by atoms with van der Waals surface area (Å²) in [5.74, 6) is 0. The van der Waals surface area contributed by atoms with Gasteiger partial charge in [-0.1, -0.05) is 36.8 Å². The molecule has 0 aromatic heterocycles. The van der Waals surface area contributed by atoms with Gasteiger partial charge in [-0.05, 0) is 31.7 Å². The third-order valence-electron chi connectivity index (χ3n) is 4.06. The molecule has 2 atom stereocenters. The lowest BCUT2D eigenvalue weighted by Gasteiger charge is -2.36. The standard InChI is InChI=1S/C14H18N2O/c1-14-10-6-5-9-12(14)15-13(16(14)17)11-7-3-2-4-8-11/h2-4,7-8,13,17H,5-6,9-10H2,1H3/t13-,14+/m0/s1. The van der Waals surface area contributed by atoms with Crippen LogP contribution in [0.4, 0.5) is 0 Å². The Morgan fingerprint density at radius 2 is 2.06 bits per heavy atom. The van der Waals surface area contributed by atoms with Gasteiger partial charge in [-0.3, -0.25) is 4.99 Å². The maximum absolute atomic E-state index is 10.4. The van der Waals surface area contributed by atoms with E-state index in [1.54, 1.807) is 0 Å². The highest BCUT2D eigenvalue weighted by Gasteiger charge is 2.47. The summed E-state index contributed by atoms with van der Waals surface area (Å²) in [5, 5.41) is 11.9. The molecule has 0 bridgehead atoms. The summed E-state index contributed by atoms with van der Waals surface area (Å²) in [4.78, 5) is 4.73. The van der Waals surface area contributed by atoms with Gasteiger partial charge in [0.15, 0.2) is 6.17 Å². The number of fused-ring (bicyclic) bond motifs is 1. The number of hydrogen-bond donors (Lipinski definition) is 1. The third kappa shape index (κ3) is 1.61. The van der Waals surface area contributed by atoms with E-state index in [0.717, 1.165) is 18.4 Å². The lowest BCUT2D eigenvalue weighted by Crippen LogP contribution is -2.48. The largest absolute Gasteiger partial charge is 0.311 e. The number of aliphatic imine (C=N–C) groups is 1. The molecule has 1 N–H and O–H groups in total. The maximum atomic E-state index is 10.4. The van der Waals surface area contributed by atoms with E-state index in [-0.39, 0.29) is 11.7 Å². The number of hydrogen-bond acceptors (Lipinski definition) is 3. The van der Waals surface area contributed by atoms with Crippen LogP contribution in [0.1, 0.15) is 44.3 Å². The SMILES string of the molecule is C[C@@]12CCCCC1=N[C@H](c1ccccc1)N2O. The molecule has 1 heterocycles. The molecule has 1 aromatic carbocycles. The fourth-order valence-corrected chi connectivity index (χ4v) is 2.94. The lowest BCUT2D eigenvalue weighted by molar-refractivity contribution is -0.168. The number of nitrogens with zero attached hydrogens (tertiary/aromatic N) is 2. The minimum absolute atomic E-state index is 0.214. The monoisotopic (exact) mass is 230 g/mol. The van der Waals surface area contributed by atoms with E-state index in [4.69, 9.17) is 4.99 Å². The van der Waals surface area contributed by atoms with Gasteiger partial charge in [0, 0.05) is 5.71 Å². The Hall–Kier alpha value is -1.19. The van der Waals surface area contributed by atoms with Crippen LogP contribution < -0.4 is 0 Å². The topological polar surface area (TPSA) is 35.8 Å². The normalized spacial score (nSPS) is 33.3. The van der Waals surface area contributed by atoms with Crippen molar-refractivity contribution < 1.29 is 5.21 Å². The van der Waals surface area contributed by atoms with Gasteiger partial charge in [0.05, 0.1) is 5.54 Å². The molecule has 3 heteroatoms.